The molecule has 0 spiro atoms. The standard InChI is InChI=1S/C13H14O3/c1-7-5-8-10(12(15)16-11(8)14)9(6-7)13(2,3)4/h5-6H,1-4H3. The number of ether oxygens (including phenoxy) is 1. The monoisotopic (exact) mass is 218 g/mol. The van der Waals surface area contributed by atoms with Crippen LogP contribution in [0.2, 0.25) is 0 Å². The number of carbonyl (C=O) groups is 2. The van der Waals surface area contributed by atoms with Gasteiger partial charge >= 0.3 is 11.9 Å². The van der Waals surface area contributed by atoms with Crippen molar-refractivity contribution >= 4 is 11.9 Å². The first-order valence-electron chi connectivity index (χ1n) is 5.22. The predicted molar refractivity (Wildman–Crippen MR) is 59.6 cm³/mol. The first-order chi connectivity index (χ1) is 7.30. The maximum absolute atomic E-state index is 11.6. The Labute approximate surface area is 94.4 Å². The Hall–Kier alpha value is -1.64. The minimum atomic E-state index is -0.533. The number of rotatable bonds is 0. The fourth-order valence-corrected chi connectivity index (χ4v) is 1.95. The summed E-state index contributed by atoms with van der Waals surface area (Å²) in [5, 5.41) is 0. The molecule has 3 nitrogen and oxygen atoms in total. The molecule has 2 rings (SSSR count). The van der Waals surface area contributed by atoms with Crippen LogP contribution in [0.4, 0.5) is 0 Å². The lowest BCUT2D eigenvalue weighted by Crippen LogP contribution is -2.16. The zero-order valence-corrected chi connectivity index (χ0v) is 9.88. The van der Waals surface area contributed by atoms with Gasteiger partial charge in [0.25, 0.3) is 0 Å². The van der Waals surface area contributed by atoms with Crippen LogP contribution in [-0.2, 0) is 10.2 Å². The summed E-state index contributed by atoms with van der Waals surface area (Å²) < 4.78 is 4.64. The van der Waals surface area contributed by atoms with Crippen molar-refractivity contribution in [1.29, 1.82) is 0 Å². The fourth-order valence-electron chi connectivity index (χ4n) is 1.95. The van der Waals surface area contributed by atoms with Crippen molar-refractivity contribution in [3.8, 4) is 0 Å². The molecule has 1 aromatic carbocycles. The third-order valence-electron chi connectivity index (χ3n) is 2.70. The Morgan fingerprint density at radius 2 is 1.69 bits per heavy atom. The number of cyclic esters (lactones) is 2. The molecule has 1 heterocycles. The van der Waals surface area contributed by atoms with E-state index in [1.54, 1.807) is 6.07 Å². The molecular formula is C13H14O3. The second-order valence-electron chi connectivity index (χ2n) is 5.16. The van der Waals surface area contributed by atoms with E-state index < -0.39 is 11.9 Å². The van der Waals surface area contributed by atoms with Crippen LogP contribution in [0.5, 0.6) is 0 Å². The van der Waals surface area contributed by atoms with E-state index in [0.29, 0.717) is 11.1 Å². The molecule has 3 heteroatoms. The highest BCUT2D eigenvalue weighted by molar-refractivity contribution is 6.15. The maximum Gasteiger partial charge on any atom is 0.347 e. The number of hydrogen-bond donors (Lipinski definition) is 0. The van der Waals surface area contributed by atoms with E-state index in [0.717, 1.165) is 11.1 Å². The van der Waals surface area contributed by atoms with Crippen LogP contribution in [0.1, 0.15) is 52.6 Å². The molecule has 0 fully saturated rings. The molecule has 0 bridgehead atoms. The summed E-state index contributed by atoms with van der Waals surface area (Å²) in [5.41, 5.74) is 2.49. The molecule has 84 valence electrons. The molecule has 1 aromatic rings. The molecule has 0 amide bonds. The van der Waals surface area contributed by atoms with Gasteiger partial charge in [-0.2, -0.15) is 0 Å². The smallest absolute Gasteiger partial charge is 0.347 e. The van der Waals surface area contributed by atoms with E-state index in [2.05, 4.69) is 4.74 Å². The number of esters is 2. The van der Waals surface area contributed by atoms with Crippen LogP contribution in [-0.4, -0.2) is 11.9 Å². The van der Waals surface area contributed by atoms with Gasteiger partial charge in [0, 0.05) is 0 Å². The third-order valence-corrected chi connectivity index (χ3v) is 2.70. The molecule has 0 radical (unpaired) electrons. The van der Waals surface area contributed by atoms with Crippen molar-refractivity contribution < 1.29 is 14.3 Å². The van der Waals surface area contributed by atoms with E-state index in [1.165, 1.54) is 0 Å². The average molecular weight is 218 g/mol. The summed E-state index contributed by atoms with van der Waals surface area (Å²) in [4.78, 5) is 23.1. The van der Waals surface area contributed by atoms with Crippen molar-refractivity contribution in [2.45, 2.75) is 33.1 Å². The van der Waals surface area contributed by atoms with Gasteiger partial charge in [-0.1, -0.05) is 26.8 Å². The van der Waals surface area contributed by atoms with Gasteiger partial charge in [-0.15, -0.1) is 0 Å². The van der Waals surface area contributed by atoms with E-state index in [9.17, 15) is 9.59 Å². The first-order valence-corrected chi connectivity index (χ1v) is 5.22. The van der Waals surface area contributed by atoms with Crippen LogP contribution in [0.25, 0.3) is 0 Å². The fraction of sp³-hybridized carbons (Fsp3) is 0.385. The SMILES string of the molecule is Cc1cc2c(c(C(C)(C)C)c1)C(=O)OC2=O. The molecular weight excluding hydrogens is 204 g/mol. The lowest BCUT2D eigenvalue weighted by Gasteiger charge is -2.21. The zero-order valence-electron chi connectivity index (χ0n) is 9.88. The van der Waals surface area contributed by atoms with Crippen LogP contribution in [0, 0.1) is 6.92 Å². The van der Waals surface area contributed by atoms with Crippen molar-refractivity contribution in [2.75, 3.05) is 0 Å². The van der Waals surface area contributed by atoms with Gasteiger partial charge in [0.2, 0.25) is 0 Å². The largest absolute Gasteiger partial charge is 0.386 e. The van der Waals surface area contributed by atoms with Crippen molar-refractivity contribution in [3.05, 3.63) is 34.4 Å². The highest BCUT2D eigenvalue weighted by Gasteiger charge is 2.35. The van der Waals surface area contributed by atoms with Crippen molar-refractivity contribution in [1.82, 2.24) is 0 Å². The van der Waals surface area contributed by atoms with Gasteiger partial charge < -0.3 is 4.74 Å². The predicted octanol–water partition coefficient (Wildman–Crippen LogP) is 2.60. The molecule has 0 atom stereocenters. The number of carbonyl (C=O) groups excluding carboxylic acids is 2. The minimum absolute atomic E-state index is 0.181. The molecule has 0 N–H and O–H groups in total. The van der Waals surface area contributed by atoms with Gasteiger partial charge in [-0.3, -0.25) is 0 Å². The Kier molecular flexibility index (Phi) is 2.15. The van der Waals surface area contributed by atoms with Crippen LogP contribution < -0.4 is 0 Å². The molecule has 16 heavy (non-hydrogen) atoms. The molecule has 0 saturated carbocycles. The van der Waals surface area contributed by atoms with Gasteiger partial charge in [0.1, 0.15) is 0 Å². The third kappa shape index (κ3) is 1.52. The van der Waals surface area contributed by atoms with Gasteiger partial charge in [0.15, 0.2) is 0 Å². The van der Waals surface area contributed by atoms with Gasteiger partial charge in [-0.05, 0) is 29.5 Å². The summed E-state index contributed by atoms with van der Waals surface area (Å²) in [6.07, 6.45) is 0. The molecule has 0 unspecified atom stereocenters. The Morgan fingerprint density at radius 3 is 2.25 bits per heavy atom. The summed E-state index contributed by atoms with van der Waals surface area (Å²) >= 11 is 0. The number of benzene rings is 1. The quantitative estimate of drug-likeness (QED) is 0.496. The lowest BCUT2D eigenvalue weighted by atomic mass is 9.81. The van der Waals surface area contributed by atoms with E-state index in [-0.39, 0.29) is 5.41 Å². The average Bonchev–Trinajstić information content (AvgIpc) is 2.40. The lowest BCUT2D eigenvalue weighted by molar-refractivity contribution is 0.0443. The van der Waals surface area contributed by atoms with Crippen molar-refractivity contribution in [3.63, 3.8) is 0 Å². The maximum atomic E-state index is 11.6. The second kappa shape index (κ2) is 3.17. The normalized spacial score (nSPS) is 15.0. The van der Waals surface area contributed by atoms with Crippen LogP contribution >= 0.6 is 0 Å². The first kappa shape index (κ1) is 10.9. The Morgan fingerprint density at radius 1 is 1.06 bits per heavy atom. The Bertz CT molecular complexity index is 493. The van der Waals surface area contributed by atoms with Gasteiger partial charge in [-0.25, -0.2) is 9.59 Å². The minimum Gasteiger partial charge on any atom is -0.386 e. The molecule has 1 aliphatic rings. The number of aryl methyl sites for hydroxylation is 1. The summed E-state index contributed by atoms with van der Waals surface area (Å²) in [7, 11) is 0. The summed E-state index contributed by atoms with van der Waals surface area (Å²) in [6, 6.07) is 3.65. The molecule has 0 aromatic heterocycles. The topological polar surface area (TPSA) is 43.4 Å². The molecule has 0 saturated heterocycles. The van der Waals surface area contributed by atoms with Gasteiger partial charge in [0.05, 0.1) is 11.1 Å². The van der Waals surface area contributed by atoms with Crippen LogP contribution in [0.3, 0.4) is 0 Å². The summed E-state index contributed by atoms with van der Waals surface area (Å²) in [5.74, 6) is -1.06. The highest BCUT2D eigenvalue weighted by atomic mass is 16.6. The van der Waals surface area contributed by atoms with E-state index in [1.807, 2.05) is 33.8 Å². The van der Waals surface area contributed by atoms with Crippen LogP contribution in [0.15, 0.2) is 12.1 Å². The highest BCUT2D eigenvalue weighted by Crippen LogP contribution is 2.33. The Balaban J connectivity index is 2.78. The van der Waals surface area contributed by atoms with Crippen molar-refractivity contribution in [2.24, 2.45) is 0 Å². The second-order valence-corrected chi connectivity index (χ2v) is 5.16. The van der Waals surface area contributed by atoms with E-state index in [4.69, 9.17) is 0 Å². The number of hydrogen-bond acceptors (Lipinski definition) is 3. The number of fused-ring (bicyclic) bond motifs is 1. The molecule has 1 aliphatic heterocycles. The molecule has 0 aliphatic carbocycles. The zero-order chi connectivity index (χ0) is 12.1. The van der Waals surface area contributed by atoms with E-state index >= 15 is 0 Å². The summed E-state index contributed by atoms with van der Waals surface area (Å²) in [6.45, 7) is 7.94.